The van der Waals surface area contributed by atoms with Gasteiger partial charge in [-0.25, -0.2) is 8.78 Å². The van der Waals surface area contributed by atoms with Gasteiger partial charge in [0.1, 0.15) is 36.3 Å². The number of benzene rings is 4. The zero-order chi connectivity index (χ0) is 32.0. The molecule has 0 amide bonds. The Morgan fingerprint density at radius 3 is 2.07 bits per heavy atom. The third-order valence-corrected chi connectivity index (χ3v) is 6.94. The fraction of sp³-hybridized carbons (Fsp3) is 0.176. The topological polar surface area (TPSA) is 73.6 Å². The summed E-state index contributed by atoms with van der Waals surface area (Å²) in [6, 6.07) is 22.1. The summed E-state index contributed by atoms with van der Waals surface area (Å²) in [5.74, 6) is -1.33. The number of halogens is 5. The number of alkyl halides is 3. The highest BCUT2D eigenvalue weighted by molar-refractivity contribution is 5.67. The Morgan fingerprint density at radius 2 is 1.42 bits per heavy atom. The van der Waals surface area contributed by atoms with Crippen LogP contribution < -0.4 is 9.47 Å². The molecule has 0 radical (unpaired) electrons. The molecule has 5 aromatic rings. The maximum atomic E-state index is 14.3. The average Bonchev–Trinajstić information content (AvgIpc) is 3.41. The van der Waals surface area contributed by atoms with Crippen LogP contribution in [0, 0.1) is 11.6 Å². The van der Waals surface area contributed by atoms with E-state index in [0.29, 0.717) is 34.7 Å². The Bertz CT molecular complexity index is 1750. The van der Waals surface area contributed by atoms with Crippen LogP contribution in [0.3, 0.4) is 0 Å². The van der Waals surface area contributed by atoms with Crippen LogP contribution in [0.2, 0.25) is 0 Å². The van der Waals surface area contributed by atoms with Gasteiger partial charge in [-0.3, -0.25) is 9.48 Å². The second-order valence-electron chi connectivity index (χ2n) is 10.3. The summed E-state index contributed by atoms with van der Waals surface area (Å²) in [7, 11) is 0. The number of carboxylic acid groups (broad SMARTS) is 1. The van der Waals surface area contributed by atoms with Gasteiger partial charge in [0.05, 0.1) is 17.8 Å². The van der Waals surface area contributed by atoms with Gasteiger partial charge in [-0.05, 0) is 77.7 Å². The molecule has 4 aromatic carbocycles. The number of hydrogen-bond donors (Lipinski definition) is 1. The first-order valence-corrected chi connectivity index (χ1v) is 13.9. The van der Waals surface area contributed by atoms with Crippen molar-refractivity contribution in [3.63, 3.8) is 0 Å². The van der Waals surface area contributed by atoms with Crippen molar-refractivity contribution in [3.8, 4) is 22.8 Å². The highest BCUT2D eigenvalue weighted by Gasteiger charge is 2.30. The van der Waals surface area contributed by atoms with Crippen molar-refractivity contribution in [3.05, 3.63) is 137 Å². The summed E-state index contributed by atoms with van der Waals surface area (Å²) in [6.45, 7) is 0.601. The second kappa shape index (κ2) is 13.6. The van der Waals surface area contributed by atoms with Gasteiger partial charge in [-0.2, -0.15) is 18.3 Å². The first-order valence-electron chi connectivity index (χ1n) is 13.9. The normalized spacial score (nSPS) is 11.4. The fourth-order valence-electron chi connectivity index (χ4n) is 4.56. The van der Waals surface area contributed by atoms with Crippen LogP contribution >= 0.6 is 0 Å². The molecule has 0 aliphatic heterocycles. The van der Waals surface area contributed by atoms with Gasteiger partial charge in [0, 0.05) is 29.8 Å². The van der Waals surface area contributed by atoms with Gasteiger partial charge in [0.2, 0.25) is 0 Å². The molecule has 0 aliphatic rings. The van der Waals surface area contributed by atoms with Crippen molar-refractivity contribution in [2.24, 2.45) is 0 Å². The summed E-state index contributed by atoms with van der Waals surface area (Å²) in [5, 5.41) is 13.5. The maximum Gasteiger partial charge on any atom is 0.416 e. The lowest BCUT2D eigenvalue weighted by Gasteiger charge is -2.09. The number of hydrogen-bond acceptors (Lipinski definition) is 4. The van der Waals surface area contributed by atoms with Crippen molar-refractivity contribution >= 4 is 5.97 Å². The van der Waals surface area contributed by atoms with Crippen LogP contribution in [-0.2, 0) is 37.2 Å². The van der Waals surface area contributed by atoms with E-state index in [1.165, 1.54) is 36.4 Å². The Labute approximate surface area is 255 Å². The highest BCUT2D eigenvalue weighted by atomic mass is 19.4. The van der Waals surface area contributed by atoms with E-state index < -0.39 is 29.3 Å². The quantitative estimate of drug-likeness (QED) is 0.143. The summed E-state index contributed by atoms with van der Waals surface area (Å²) >= 11 is 0. The smallest absolute Gasteiger partial charge is 0.416 e. The van der Waals surface area contributed by atoms with Gasteiger partial charge in [0.25, 0.3) is 0 Å². The van der Waals surface area contributed by atoms with Crippen LogP contribution in [0.25, 0.3) is 11.3 Å². The lowest BCUT2D eigenvalue weighted by Crippen LogP contribution is -2.04. The molecule has 0 unspecified atom stereocenters. The molecule has 6 nitrogen and oxygen atoms in total. The summed E-state index contributed by atoms with van der Waals surface area (Å²) in [4.78, 5) is 10.7. The van der Waals surface area contributed by atoms with E-state index >= 15 is 0 Å². The molecule has 232 valence electrons. The van der Waals surface area contributed by atoms with Crippen molar-refractivity contribution in [1.29, 1.82) is 0 Å². The zero-order valence-electron chi connectivity index (χ0n) is 23.7. The lowest BCUT2D eigenvalue weighted by atomic mass is 10.1. The van der Waals surface area contributed by atoms with Crippen LogP contribution in [0.1, 0.15) is 34.2 Å². The van der Waals surface area contributed by atoms with E-state index in [2.05, 4.69) is 5.10 Å². The number of aromatic nitrogens is 2. The fourth-order valence-corrected chi connectivity index (χ4v) is 4.56. The first-order chi connectivity index (χ1) is 21.5. The third-order valence-electron chi connectivity index (χ3n) is 6.94. The molecular formula is C34H27F5N2O4. The minimum absolute atomic E-state index is 0.0233. The molecule has 1 heterocycles. The number of carbonyl (C=O) groups is 1. The Hall–Kier alpha value is -5.19. The van der Waals surface area contributed by atoms with Gasteiger partial charge < -0.3 is 14.6 Å². The second-order valence-corrected chi connectivity index (χ2v) is 10.3. The first kappa shape index (κ1) is 31.2. The predicted octanol–water partition coefficient (Wildman–Crippen LogP) is 8.07. The average molecular weight is 623 g/mol. The number of nitrogens with zero attached hydrogens (tertiary/aromatic N) is 2. The van der Waals surface area contributed by atoms with Crippen molar-refractivity contribution in [1.82, 2.24) is 9.78 Å². The van der Waals surface area contributed by atoms with Gasteiger partial charge in [-0.1, -0.05) is 30.3 Å². The van der Waals surface area contributed by atoms with Crippen LogP contribution in [0.4, 0.5) is 22.0 Å². The van der Waals surface area contributed by atoms with E-state index in [1.54, 1.807) is 29.1 Å². The third kappa shape index (κ3) is 8.47. The molecule has 1 aromatic heterocycles. The molecule has 0 bridgehead atoms. The minimum Gasteiger partial charge on any atom is -0.489 e. The highest BCUT2D eigenvalue weighted by Crippen LogP contribution is 2.31. The summed E-state index contributed by atoms with van der Waals surface area (Å²) < 4.78 is 79.8. The van der Waals surface area contributed by atoms with Gasteiger partial charge >= 0.3 is 12.1 Å². The minimum atomic E-state index is -4.45. The van der Waals surface area contributed by atoms with Crippen molar-refractivity contribution in [2.45, 2.75) is 38.8 Å². The van der Waals surface area contributed by atoms with Crippen LogP contribution in [-0.4, -0.2) is 20.9 Å². The zero-order valence-corrected chi connectivity index (χ0v) is 23.7. The Balaban J connectivity index is 1.24. The molecule has 0 saturated carbocycles. The monoisotopic (exact) mass is 622 g/mol. The van der Waals surface area contributed by atoms with E-state index in [1.807, 2.05) is 24.3 Å². The SMILES string of the molecule is O=C(O)CCc1ccc(OCc2ccc(Cn3cc(COc4ccc(C(F)(F)F)cc4)c(-c4ccc(F)cc4)n3)cc2)cc1F. The number of aliphatic carboxylic acids is 1. The summed E-state index contributed by atoms with van der Waals surface area (Å²) in [5.41, 5.74) is 3.15. The van der Waals surface area contributed by atoms with E-state index in [9.17, 15) is 26.7 Å². The van der Waals surface area contributed by atoms with Crippen LogP contribution in [0.15, 0.2) is 97.2 Å². The molecule has 0 aliphatic carbocycles. The molecule has 45 heavy (non-hydrogen) atoms. The lowest BCUT2D eigenvalue weighted by molar-refractivity contribution is -0.138. The molecular weight excluding hydrogens is 595 g/mol. The largest absolute Gasteiger partial charge is 0.489 e. The van der Waals surface area contributed by atoms with Crippen molar-refractivity contribution < 1.29 is 41.3 Å². The number of carboxylic acids is 1. The van der Waals surface area contributed by atoms with Crippen LogP contribution in [0.5, 0.6) is 11.5 Å². The number of rotatable bonds is 12. The Morgan fingerprint density at radius 1 is 0.778 bits per heavy atom. The van der Waals surface area contributed by atoms with E-state index in [0.717, 1.165) is 23.3 Å². The van der Waals surface area contributed by atoms with E-state index in [4.69, 9.17) is 14.6 Å². The van der Waals surface area contributed by atoms with Crippen molar-refractivity contribution in [2.75, 3.05) is 0 Å². The molecule has 11 heteroatoms. The standard InChI is InChI=1S/C34H27F5N2O4/c35-28-11-5-25(6-12-28)33-26(21-45-29-14-9-27(10-15-29)34(37,38)39)19-41(40-33)18-22-1-3-23(4-2-22)20-44-30-13-7-24(31(36)17-30)8-16-32(42)43/h1-7,9-15,17,19H,8,16,18,20-21H2,(H,42,43). The van der Waals surface area contributed by atoms with E-state index in [-0.39, 0.29) is 31.8 Å². The maximum absolute atomic E-state index is 14.3. The van der Waals surface area contributed by atoms with Gasteiger partial charge in [-0.15, -0.1) is 0 Å². The molecule has 0 fully saturated rings. The van der Waals surface area contributed by atoms with Gasteiger partial charge in [0.15, 0.2) is 0 Å². The molecule has 0 saturated heterocycles. The predicted molar refractivity (Wildman–Crippen MR) is 156 cm³/mol. The molecule has 0 atom stereocenters. The molecule has 5 rings (SSSR count). The summed E-state index contributed by atoms with van der Waals surface area (Å²) in [6.07, 6.45) is -2.74. The Kier molecular flexibility index (Phi) is 9.46. The number of ether oxygens (including phenoxy) is 2. The number of aryl methyl sites for hydroxylation is 1. The molecule has 0 spiro atoms. The molecule has 1 N–H and O–H groups in total.